The van der Waals surface area contributed by atoms with Crippen molar-refractivity contribution in [2.24, 2.45) is 0 Å². The minimum atomic E-state index is 0.0298. The number of hydrogen-bond donors (Lipinski definition) is 0. The van der Waals surface area contributed by atoms with Crippen LogP contribution in [0.3, 0.4) is 0 Å². The average molecular weight is 313 g/mol. The molecule has 0 radical (unpaired) electrons. The Bertz CT molecular complexity index is 704. The third-order valence-corrected chi connectivity index (χ3v) is 5.12. The molecule has 2 aliphatic rings. The van der Waals surface area contributed by atoms with E-state index < -0.39 is 0 Å². The van der Waals surface area contributed by atoms with E-state index in [0.29, 0.717) is 0 Å². The summed E-state index contributed by atoms with van der Waals surface area (Å²) in [6.45, 7) is 1.03. The fourth-order valence-corrected chi connectivity index (χ4v) is 4.01. The molecule has 0 spiro atoms. The Kier molecular flexibility index (Phi) is 3.42. The Morgan fingerprint density at radius 2 is 1.91 bits per heavy atom. The number of carbonyl (C=O) groups excluding carboxylic acids is 1. The Morgan fingerprint density at radius 1 is 1.09 bits per heavy atom. The Labute approximate surface area is 133 Å². The minimum Gasteiger partial charge on any atom is -0.454 e. The zero-order valence-corrected chi connectivity index (χ0v) is 12.7. The van der Waals surface area contributed by atoms with E-state index in [0.717, 1.165) is 34.9 Å². The van der Waals surface area contributed by atoms with Crippen molar-refractivity contribution in [3.63, 3.8) is 0 Å². The number of nitrogens with zero attached hydrogens (tertiary/aromatic N) is 1. The summed E-state index contributed by atoms with van der Waals surface area (Å²) in [5.41, 5.74) is 1.81. The molecule has 4 rings (SSSR count). The molecule has 2 aliphatic heterocycles. The van der Waals surface area contributed by atoms with Gasteiger partial charge in [0.2, 0.25) is 6.79 Å². The van der Waals surface area contributed by atoms with Gasteiger partial charge in [0.1, 0.15) is 5.37 Å². The first-order chi connectivity index (χ1) is 10.8. The third-order valence-electron chi connectivity index (χ3n) is 3.85. The molecule has 0 aliphatic carbocycles. The predicted octanol–water partition coefficient (Wildman–Crippen LogP) is 3.30. The first-order valence-electron chi connectivity index (χ1n) is 7.20. The lowest BCUT2D eigenvalue weighted by Crippen LogP contribution is -2.30. The van der Waals surface area contributed by atoms with E-state index in [2.05, 4.69) is 0 Å². The van der Waals surface area contributed by atoms with Crippen molar-refractivity contribution >= 4 is 17.7 Å². The SMILES string of the molecule is O=C(c1ccccc1)N1CCS[C@@H]1c1ccc2c(c1)OCO2. The summed E-state index contributed by atoms with van der Waals surface area (Å²) >= 11 is 1.78. The molecule has 1 saturated heterocycles. The zero-order valence-electron chi connectivity index (χ0n) is 11.9. The lowest BCUT2D eigenvalue weighted by molar-refractivity contribution is 0.0760. The minimum absolute atomic E-state index is 0.0298. The van der Waals surface area contributed by atoms with Crippen molar-refractivity contribution in [3.05, 3.63) is 59.7 Å². The van der Waals surface area contributed by atoms with Gasteiger partial charge in [-0.15, -0.1) is 11.8 Å². The van der Waals surface area contributed by atoms with Gasteiger partial charge in [-0.1, -0.05) is 24.3 Å². The second kappa shape index (κ2) is 5.57. The quantitative estimate of drug-likeness (QED) is 0.853. The van der Waals surface area contributed by atoms with E-state index in [4.69, 9.17) is 9.47 Å². The summed E-state index contributed by atoms with van der Waals surface area (Å²) in [6.07, 6.45) is 0. The van der Waals surface area contributed by atoms with Crippen LogP contribution in [-0.2, 0) is 0 Å². The number of rotatable bonds is 2. The summed E-state index contributed by atoms with van der Waals surface area (Å²) in [5, 5.41) is 0.0298. The van der Waals surface area contributed by atoms with Crippen LogP contribution in [0.1, 0.15) is 21.3 Å². The molecule has 2 aromatic rings. The molecule has 4 nitrogen and oxygen atoms in total. The van der Waals surface area contributed by atoms with Crippen LogP contribution in [-0.4, -0.2) is 29.9 Å². The van der Waals surface area contributed by atoms with Crippen molar-refractivity contribution in [3.8, 4) is 11.5 Å². The van der Waals surface area contributed by atoms with Crippen molar-refractivity contribution in [1.29, 1.82) is 0 Å². The fourth-order valence-electron chi connectivity index (χ4n) is 2.77. The van der Waals surface area contributed by atoms with Crippen molar-refractivity contribution < 1.29 is 14.3 Å². The lowest BCUT2D eigenvalue weighted by Gasteiger charge is -2.24. The topological polar surface area (TPSA) is 38.8 Å². The molecule has 0 unspecified atom stereocenters. The Balaban J connectivity index is 1.62. The number of benzene rings is 2. The monoisotopic (exact) mass is 313 g/mol. The van der Waals surface area contributed by atoms with E-state index in [-0.39, 0.29) is 18.1 Å². The van der Waals surface area contributed by atoms with E-state index in [1.54, 1.807) is 11.8 Å². The number of ether oxygens (including phenoxy) is 2. The Hall–Kier alpha value is -2.14. The van der Waals surface area contributed by atoms with Crippen LogP contribution in [0.4, 0.5) is 0 Å². The highest BCUT2D eigenvalue weighted by Gasteiger charge is 2.32. The molecule has 22 heavy (non-hydrogen) atoms. The molecule has 0 N–H and O–H groups in total. The molecule has 2 heterocycles. The molecule has 2 aromatic carbocycles. The van der Waals surface area contributed by atoms with Crippen LogP contribution in [0.25, 0.3) is 0 Å². The van der Waals surface area contributed by atoms with Gasteiger partial charge < -0.3 is 14.4 Å². The largest absolute Gasteiger partial charge is 0.454 e. The van der Waals surface area contributed by atoms with E-state index in [9.17, 15) is 4.79 Å². The van der Waals surface area contributed by atoms with E-state index >= 15 is 0 Å². The third kappa shape index (κ3) is 2.31. The van der Waals surface area contributed by atoms with Gasteiger partial charge in [0, 0.05) is 17.9 Å². The van der Waals surface area contributed by atoms with Gasteiger partial charge in [0.15, 0.2) is 11.5 Å². The van der Waals surface area contributed by atoms with Crippen LogP contribution in [0.5, 0.6) is 11.5 Å². The number of fused-ring (bicyclic) bond motifs is 1. The van der Waals surface area contributed by atoms with Crippen LogP contribution in [0, 0.1) is 0 Å². The lowest BCUT2D eigenvalue weighted by atomic mass is 10.1. The first-order valence-corrected chi connectivity index (χ1v) is 8.25. The molecule has 0 aromatic heterocycles. The molecule has 1 atom stereocenters. The normalized spacial score (nSPS) is 19.5. The van der Waals surface area contributed by atoms with Gasteiger partial charge in [0.25, 0.3) is 5.91 Å². The highest BCUT2D eigenvalue weighted by molar-refractivity contribution is 7.99. The summed E-state index contributed by atoms with van der Waals surface area (Å²) in [5.74, 6) is 2.55. The predicted molar refractivity (Wildman–Crippen MR) is 85.2 cm³/mol. The standard InChI is InChI=1S/C17H15NO3S/c19-16(12-4-2-1-3-5-12)18-8-9-22-17(18)13-6-7-14-15(10-13)21-11-20-14/h1-7,10,17H,8-9,11H2/t17-/m1/s1. The summed E-state index contributed by atoms with van der Waals surface area (Å²) in [6, 6.07) is 15.4. The van der Waals surface area contributed by atoms with Crippen LogP contribution in [0.15, 0.2) is 48.5 Å². The summed E-state index contributed by atoms with van der Waals surface area (Å²) in [7, 11) is 0. The van der Waals surface area contributed by atoms with Gasteiger partial charge >= 0.3 is 0 Å². The smallest absolute Gasteiger partial charge is 0.255 e. The van der Waals surface area contributed by atoms with Gasteiger partial charge in [-0.2, -0.15) is 0 Å². The van der Waals surface area contributed by atoms with Gasteiger partial charge in [0.05, 0.1) is 0 Å². The van der Waals surface area contributed by atoms with Gasteiger partial charge in [-0.05, 0) is 29.8 Å². The number of thioether (sulfide) groups is 1. The number of carbonyl (C=O) groups is 1. The molecule has 0 bridgehead atoms. The summed E-state index contributed by atoms with van der Waals surface area (Å²) < 4.78 is 10.8. The summed E-state index contributed by atoms with van der Waals surface area (Å²) in [4.78, 5) is 14.6. The van der Waals surface area contributed by atoms with E-state index in [1.807, 2.05) is 53.4 Å². The Morgan fingerprint density at radius 3 is 2.77 bits per heavy atom. The highest BCUT2D eigenvalue weighted by atomic mass is 32.2. The number of hydrogen-bond acceptors (Lipinski definition) is 4. The number of amides is 1. The van der Waals surface area contributed by atoms with Crippen molar-refractivity contribution in [2.45, 2.75) is 5.37 Å². The molecular weight excluding hydrogens is 298 g/mol. The molecule has 1 amide bonds. The first kappa shape index (κ1) is 13.5. The van der Waals surface area contributed by atoms with Gasteiger partial charge in [-0.25, -0.2) is 0 Å². The van der Waals surface area contributed by atoms with Crippen molar-refractivity contribution in [1.82, 2.24) is 4.90 Å². The van der Waals surface area contributed by atoms with Gasteiger partial charge in [-0.3, -0.25) is 4.79 Å². The molecular formula is C17H15NO3S. The zero-order chi connectivity index (χ0) is 14.9. The second-order valence-electron chi connectivity index (χ2n) is 5.20. The van der Waals surface area contributed by atoms with Crippen LogP contribution >= 0.6 is 11.8 Å². The van der Waals surface area contributed by atoms with Crippen LogP contribution < -0.4 is 9.47 Å². The maximum absolute atomic E-state index is 12.7. The average Bonchev–Trinajstić information content (AvgIpc) is 3.23. The van der Waals surface area contributed by atoms with Crippen LogP contribution in [0.2, 0.25) is 0 Å². The van der Waals surface area contributed by atoms with E-state index in [1.165, 1.54) is 0 Å². The second-order valence-corrected chi connectivity index (χ2v) is 6.39. The highest BCUT2D eigenvalue weighted by Crippen LogP contribution is 2.42. The van der Waals surface area contributed by atoms with Crippen molar-refractivity contribution in [2.75, 3.05) is 19.1 Å². The maximum Gasteiger partial charge on any atom is 0.255 e. The molecule has 112 valence electrons. The maximum atomic E-state index is 12.7. The fraction of sp³-hybridized carbons (Fsp3) is 0.235. The molecule has 0 saturated carbocycles. The molecule has 5 heteroatoms. The molecule has 1 fully saturated rings.